The lowest BCUT2D eigenvalue weighted by Crippen LogP contribution is -2.60. The molecule has 2 aliphatic heterocycles. The molecule has 11 aromatic rings. The van der Waals surface area contributed by atoms with Crippen molar-refractivity contribution in [1.29, 1.82) is 0 Å². The minimum atomic E-state index is -0.154. The molecule has 0 bridgehead atoms. The zero-order valence-corrected chi connectivity index (χ0v) is 44.7. The van der Waals surface area contributed by atoms with Crippen LogP contribution in [0.5, 0.6) is 0 Å². The second-order valence-electron chi connectivity index (χ2n) is 24.4. The van der Waals surface area contributed by atoms with Gasteiger partial charge >= 0.3 is 6.85 Å². The minimum Gasteiger partial charge on any atom is -0.454 e. The molecule has 3 nitrogen and oxygen atoms in total. The Hall–Kier alpha value is -6.60. The lowest BCUT2D eigenvalue weighted by Gasteiger charge is -2.44. The highest BCUT2D eigenvalue weighted by Crippen LogP contribution is 2.56. The van der Waals surface area contributed by atoms with Crippen LogP contribution in [0.2, 0.25) is 0 Å². The third-order valence-electron chi connectivity index (χ3n) is 16.8. The SMILES string of the molecule is CC(C)(C)c1ccc(N2c3c(sc4ccc(C(C)(C)C)cc34)B3c4c(cc5c(oc6ccccc65)c42)-c2cc4c(cc2N3c2ccc(-c3ccccc3)cc2)sc2cc3c(cc24)C(C)(C)CCC3(C)C)cc1. The third-order valence-corrected chi connectivity index (χ3v) is 19.1. The number of benzene rings is 8. The van der Waals surface area contributed by atoms with Crippen LogP contribution in [0.25, 0.3) is 74.5 Å². The summed E-state index contributed by atoms with van der Waals surface area (Å²) in [6.45, 7) is 23.6. The summed E-state index contributed by atoms with van der Waals surface area (Å²) in [6.07, 6.45) is 2.38. The molecule has 3 aliphatic rings. The van der Waals surface area contributed by atoms with E-state index >= 15 is 0 Å². The molecule has 0 fully saturated rings. The first-order valence-corrected chi connectivity index (χ1v) is 27.5. The van der Waals surface area contributed by atoms with Gasteiger partial charge in [0.1, 0.15) is 5.58 Å². The van der Waals surface area contributed by atoms with Crippen LogP contribution < -0.4 is 20.0 Å². The first-order valence-electron chi connectivity index (χ1n) is 25.9. The Labute approximate surface area is 431 Å². The highest BCUT2D eigenvalue weighted by Gasteiger charge is 2.49. The molecule has 0 saturated carbocycles. The molecule has 1 aliphatic carbocycles. The Morgan fingerprint density at radius 3 is 1.83 bits per heavy atom. The normalized spacial score (nSPS) is 15.9. The summed E-state index contributed by atoms with van der Waals surface area (Å²) in [5, 5.41) is 6.27. The molecule has 5 heterocycles. The Morgan fingerprint density at radius 1 is 0.500 bits per heavy atom. The number of para-hydroxylation sites is 1. The quantitative estimate of drug-likeness (QED) is 0.165. The average molecular weight is 971 g/mol. The second kappa shape index (κ2) is 15.0. The largest absolute Gasteiger partial charge is 0.454 e. The minimum absolute atomic E-state index is 0.00791. The Morgan fingerprint density at radius 2 is 1.11 bits per heavy atom. The van der Waals surface area contributed by atoms with Crippen LogP contribution in [0, 0.1) is 0 Å². The van der Waals surface area contributed by atoms with E-state index < -0.39 is 0 Å². The molecular weight excluding hydrogens is 912 g/mol. The van der Waals surface area contributed by atoms with Gasteiger partial charge in [-0.25, -0.2) is 0 Å². The Balaban J connectivity index is 1.13. The monoisotopic (exact) mass is 970 g/mol. The summed E-state index contributed by atoms with van der Waals surface area (Å²) in [4.78, 5) is 5.30. The van der Waals surface area contributed by atoms with Crippen LogP contribution in [0.4, 0.5) is 28.4 Å². The van der Waals surface area contributed by atoms with E-state index in [0.717, 1.165) is 33.3 Å². The maximum Gasteiger partial charge on any atom is 0.343 e. The fraction of sp³-hybridized carbons (Fsp3) is 0.242. The number of anilines is 5. The van der Waals surface area contributed by atoms with Crippen LogP contribution >= 0.6 is 22.7 Å². The van der Waals surface area contributed by atoms with Gasteiger partial charge in [-0.3, -0.25) is 0 Å². The van der Waals surface area contributed by atoms with Gasteiger partial charge in [-0.2, -0.15) is 0 Å². The van der Waals surface area contributed by atoms with E-state index in [1.54, 1.807) is 0 Å². The molecule has 3 aromatic heterocycles. The van der Waals surface area contributed by atoms with Crippen molar-refractivity contribution < 1.29 is 4.42 Å². The van der Waals surface area contributed by atoms with E-state index in [-0.39, 0.29) is 28.5 Å². The van der Waals surface area contributed by atoms with Crippen molar-refractivity contribution in [2.45, 2.75) is 104 Å². The number of furan rings is 1. The van der Waals surface area contributed by atoms with Crippen LogP contribution in [0.15, 0.2) is 156 Å². The summed E-state index contributed by atoms with van der Waals surface area (Å²) in [5.41, 5.74) is 19.9. The molecule has 72 heavy (non-hydrogen) atoms. The summed E-state index contributed by atoms with van der Waals surface area (Å²) in [5.74, 6) is 0. The number of rotatable bonds is 3. The second-order valence-corrected chi connectivity index (χ2v) is 26.6. The molecule has 354 valence electrons. The molecule has 0 spiro atoms. The molecule has 0 saturated heterocycles. The number of fused-ring (bicyclic) bond motifs is 14. The highest BCUT2D eigenvalue weighted by molar-refractivity contribution is 7.32. The molecule has 14 rings (SSSR count). The maximum absolute atomic E-state index is 7.28. The lowest BCUT2D eigenvalue weighted by molar-refractivity contribution is 0.332. The van der Waals surface area contributed by atoms with Crippen molar-refractivity contribution in [3.05, 3.63) is 174 Å². The summed E-state index contributed by atoms with van der Waals surface area (Å²) < 4.78 is 12.6. The van der Waals surface area contributed by atoms with Crippen LogP contribution in [-0.4, -0.2) is 6.85 Å². The summed E-state index contributed by atoms with van der Waals surface area (Å²) >= 11 is 3.92. The van der Waals surface area contributed by atoms with E-state index in [1.165, 1.54) is 115 Å². The molecule has 0 amide bonds. The molecule has 0 unspecified atom stereocenters. The number of thiophene rings is 2. The topological polar surface area (TPSA) is 19.6 Å². The number of hydrogen-bond acceptors (Lipinski definition) is 5. The fourth-order valence-corrected chi connectivity index (χ4v) is 15.0. The number of nitrogens with zero attached hydrogens (tertiary/aromatic N) is 2. The zero-order valence-electron chi connectivity index (χ0n) is 43.0. The van der Waals surface area contributed by atoms with E-state index in [9.17, 15) is 0 Å². The van der Waals surface area contributed by atoms with Gasteiger partial charge < -0.3 is 14.1 Å². The van der Waals surface area contributed by atoms with Crippen molar-refractivity contribution >= 4 is 120 Å². The molecular formula is C66H59BN2OS2. The highest BCUT2D eigenvalue weighted by atomic mass is 32.1. The fourth-order valence-electron chi connectivity index (χ4n) is 12.6. The molecule has 0 N–H and O–H groups in total. The summed E-state index contributed by atoms with van der Waals surface area (Å²) in [6, 6.07) is 58.2. The van der Waals surface area contributed by atoms with E-state index in [1.807, 2.05) is 22.7 Å². The van der Waals surface area contributed by atoms with E-state index in [4.69, 9.17) is 4.42 Å². The van der Waals surface area contributed by atoms with Gasteiger partial charge in [0.2, 0.25) is 0 Å². The smallest absolute Gasteiger partial charge is 0.343 e. The first kappa shape index (κ1) is 44.1. The predicted octanol–water partition coefficient (Wildman–Crippen LogP) is 18.5. The van der Waals surface area contributed by atoms with Gasteiger partial charge in [-0.05, 0) is 152 Å². The van der Waals surface area contributed by atoms with Crippen LogP contribution in [-0.2, 0) is 21.7 Å². The van der Waals surface area contributed by atoms with Crippen molar-refractivity contribution in [2.24, 2.45) is 0 Å². The van der Waals surface area contributed by atoms with Crippen molar-refractivity contribution in [3.8, 4) is 22.3 Å². The van der Waals surface area contributed by atoms with Gasteiger partial charge in [0.15, 0.2) is 5.58 Å². The van der Waals surface area contributed by atoms with Gasteiger partial charge in [-0.1, -0.05) is 148 Å². The third kappa shape index (κ3) is 6.40. The summed E-state index contributed by atoms with van der Waals surface area (Å²) in [7, 11) is 0. The van der Waals surface area contributed by atoms with Gasteiger partial charge in [-0.15, -0.1) is 22.7 Å². The Kier molecular flexibility index (Phi) is 9.19. The first-order chi connectivity index (χ1) is 34.4. The Bertz CT molecular complexity index is 4060. The van der Waals surface area contributed by atoms with Crippen molar-refractivity contribution in [3.63, 3.8) is 0 Å². The van der Waals surface area contributed by atoms with Gasteiger partial charge in [0.25, 0.3) is 0 Å². The molecule has 8 aromatic carbocycles. The standard InChI is InChI=1S/C66H59BN2OS2/c1-63(2,3)40-22-27-42(28-23-40)68-59-50-32-41(64(4,5)6)24-29-55(50)72-62(59)67-58-48(34-49-44-18-14-15-19-54(44)70-61(49)60(58)68)45-33-46-47-35-51-52(66(9,10)31-30-65(51,7)8)36-56(47)71-57(46)37-53(45)69(67)43-25-20-39(21-26-43)38-16-12-11-13-17-38/h11-29,32-37H,30-31H2,1-10H3. The number of hydrogen-bond donors (Lipinski definition) is 0. The lowest BCUT2D eigenvalue weighted by atomic mass is 9.46. The molecule has 6 heteroatoms. The van der Waals surface area contributed by atoms with Crippen molar-refractivity contribution in [2.75, 3.05) is 9.71 Å². The van der Waals surface area contributed by atoms with Crippen LogP contribution in [0.3, 0.4) is 0 Å². The maximum atomic E-state index is 7.28. The molecule has 0 radical (unpaired) electrons. The average Bonchev–Trinajstić information content (AvgIpc) is 4.05. The zero-order chi connectivity index (χ0) is 49.4. The van der Waals surface area contributed by atoms with Gasteiger partial charge in [0.05, 0.1) is 11.4 Å². The molecule has 0 atom stereocenters. The van der Waals surface area contributed by atoms with E-state index in [2.05, 4.69) is 231 Å². The van der Waals surface area contributed by atoms with Crippen LogP contribution in [0.1, 0.15) is 104 Å². The van der Waals surface area contributed by atoms with Crippen molar-refractivity contribution in [1.82, 2.24) is 0 Å². The predicted molar refractivity (Wildman–Crippen MR) is 314 cm³/mol. The van der Waals surface area contributed by atoms with Gasteiger partial charge in [0, 0.05) is 68.4 Å². The van der Waals surface area contributed by atoms with E-state index in [0.29, 0.717) is 0 Å².